The molecule has 0 saturated carbocycles. The Morgan fingerprint density at radius 1 is 0.871 bits per heavy atom. The minimum absolute atomic E-state index is 0.0845. The molecule has 0 aliphatic heterocycles. The van der Waals surface area contributed by atoms with Crippen LogP contribution < -0.4 is 11.5 Å². The molecule has 0 atom stereocenters. The molecule has 6 nitrogen and oxygen atoms in total. The number of amidine groups is 1. The van der Waals surface area contributed by atoms with Crippen molar-refractivity contribution in [3.05, 3.63) is 89.5 Å². The van der Waals surface area contributed by atoms with Crippen LogP contribution in [0.5, 0.6) is 0 Å². The fraction of sp³-hybridized carbons (Fsp3) is 0.0800. The average molecular weight is 406 g/mol. The number of aromatic nitrogens is 2. The summed E-state index contributed by atoms with van der Waals surface area (Å²) < 4.78 is 0. The van der Waals surface area contributed by atoms with Gasteiger partial charge in [-0.15, -0.1) is 0 Å². The number of nitrogen functional groups attached to an aromatic ring is 2. The van der Waals surface area contributed by atoms with Gasteiger partial charge in [0.1, 0.15) is 5.84 Å². The largest absolute Gasteiger partial charge is 0.384 e. The SMILES string of the molecule is N=C(N)c1cccc2c1CCC2=Nc1nc(N)[nH]c1-c1ccc(-c2ccccc2)cc1. The van der Waals surface area contributed by atoms with Crippen LogP contribution in [0.4, 0.5) is 11.8 Å². The van der Waals surface area contributed by atoms with E-state index in [4.69, 9.17) is 21.9 Å². The number of rotatable bonds is 4. The monoisotopic (exact) mass is 406 g/mol. The van der Waals surface area contributed by atoms with Crippen LogP contribution in [-0.4, -0.2) is 21.5 Å². The molecular weight excluding hydrogens is 384 g/mol. The Hall–Kier alpha value is -4.19. The predicted octanol–water partition coefficient (Wildman–Crippen LogP) is 4.68. The number of anilines is 1. The lowest BCUT2D eigenvalue weighted by Gasteiger charge is -2.06. The van der Waals surface area contributed by atoms with E-state index in [1.54, 1.807) is 0 Å². The molecule has 0 saturated heterocycles. The van der Waals surface area contributed by atoms with Gasteiger partial charge in [-0.25, -0.2) is 4.99 Å². The van der Waals surface area contributed by atoms with Crippen LogP contribution in [0.25, 0.3) is 22.4 Å². The maximum atomic E-state index is 7.82. The molecule has 1 aliphatic carbocycles. The van der Waals surface area contributed by atoms with E-state index in [1.165, 1.54) is 5.56 Å². The first kappa shape index (κ1) is 18.8. The predicted molar refractivity (Wildman–Crippen MR) is 126 cm³/mol. The molecule has 1 aliphatic rings. The van der Waals surface area contributed by atoms with Crippen molar-refractivity contribution in [1.82, 2.24) is 9.97 Å². The maximum Gasteiger partial charge on any atom is 0.200 e. The Balaban J connectivity index is 1.52. The van der Waals surface area contributed by atoms with Gasteiger partial charge in [0.2, 0.25) is 0 Å². The highest BCUT2D eigenvalue weighted by Gasteiger charge is 2.22. The van der Waals surface area contributed by atoms with Crippen LogP contribution in [0.15, 0.2) is 77.8 Å². The third kappa shape index (κ3) is 3.48. The number of aliphatic imine (C=N–C) groups is 1. The van der Waals surface area contributed by atoms with E-state index in [9.17, 15) is 0 Å². The summed E-state index contributed by atoms with van der Waals surface area (Å²) in [6.45, 7) is 0. The topological polar surface area (TPSA) is 117 Å². The lowest BCUT2D eigenvalue weighted by molar-refractivity contribution is 1.08. The number of hydrogen-bond donors (Lipinski definition) is 4. The highest BCUT2D eigenvalue weighted by atomic mass is 15.1. The molecular formula is C25H22N6. The number of fused-ring (bicyclic) bond motifs is 1. The number of aromatic amines is 1. The average Bonchev–Trinajstić information content (AvgIpc) is 3.37. The van der Waals surface area contributed by atoms with Crippen molar-refractivity contribution in [1.29, 1.82) is 5.41 Å². The first-order chi connectivity index (χ1) is 15.1. The second-order valence-electron chi connectivity index (χ2n) is 7.57. The molecule has 0 bridgehead atoms. The summed E-state index contributed by atoms with van der Waals surface area (Å²) in [5, 5.41) is 7.82. The van der Waals surface area contributed by atoms with Crippen LogP contribution in [0.3, 0.4) is 0 Å². The zero-order valence-corrected chi connectivity index (χ0v) is 16.9. The van der Waals surface area contributed by atoms with Gasteiger partial charge in [0.15, 0.2) is 11.8 Å². The number of nitrogens with one attached hydrogen (secondary N) is 2. The molecule has 6 N–H and O–H groups in total. The van der Waals surface area contributed by atoms with Gasteiger partial charge in [0, 0.05) is 11.1 Å². The Bertz CT molecular complexity index is 1300. The summed E-state index contributed by atoms with van der Waals surface area (Å²) in [5.74, 6) is 0.986. The maximum absolute atomic E-state index is 7.82. The Morgan fingerprint density at radius 2 is 1.58 bits per heavy atom. The van der Waals surface area contributed by atoms with E-state index in [2.05, 4.69) is 46.4 Å². The summed E-state index contributed by atoms with van der Waals surface area (Å²) in [6.07, 6.45) is 1.59. The Kier molecular flexibility index (Phi) is 4.59. The van der Waals surface area contributed by atoms with Gasteiger partial charge in [0.25, 0.3) is 0 Å². The van der Waals surface area contributed by atoms with E-state index in [1.807, 2.05) is 36.4 Å². The van der Waals surface area contributed by atoms with Crippen LogP contribution >= 0.6 is 0 Å². The van der Waals surface area contributed by atoms with Crippen LogP contribution in [0.1, 0.15) is 23.1 Å². The van der Waals surface area contributed by atoms with E-state index < -0.39 is 0 Å². The first-order valence-corrected chi connectivity index (χ1v) is 10.2. The minimum atomic E-state index is 0.0845. The normalized spacial score (nSPS) is 14.0. The van der Waals surface area contributed by atoms with E-state index >= 15 is 0 Å². The number of benzene rings is 3. The number of nitrogens with zero attached hydrogens (tertiary/aromatic N) is 2. The quantitative estimate of drug-likeness (QED) is 0.291. The molecule has 1 aromatic heterocycles. The molecule has 31 heavy (non-hydrogen) atoms. The van der Waals surface area contributed by atoms with Gasteiger partial charge in [-0.3, -0.25) is 5.41 Å². The summed E-state index contributed by atoms with van der Waals surface area (Å²) in [4.78, 5) is 12.4. The first-order valence-electron chi connectivity index (χ1n) is 10.2. The van der Waals surface area contributed by atoms with Crippen molar-refractivity contribution in [2.75, 3.05) is 5.73 Å². The summed E-state index contributed by atoms with van der Waals surface area (Å²) in [5.41, 5.74) is 19.6. The summed E-state index contributed by atoms with van der Waals surface area (Å²) >= 11 is 0. The van der Waals surface area contributed by atoms with E-state index in [0.29, 0.717) is 11.8 Å². The zero-order chi connectivity index (χ0) is 21.4. The standard InChI is InChI=1S/C25H22N6/c26-23(27)20-8-4-7-19-18(20)13-14-21(19)29-24-22(30-25(28)31-24)17-11-9-16(10-12-17)15-5-2-1-3-6-15/h1-12H,13-14H2,(H3,26,27)(H3,28,30,31). The lowest BCUT2D eigenvalue weighted by Crippen LogP contribution is -2.13. The van der Waals surface area contributed by atoms with Gasteiger partial charge in [-0.1, -0.05) is 72.8 Å². The lowest BCUT2D eigenvalue weighted by atomic mass is 10.0. The van der Waals surface area contributed by atoms with E-state index in [-0.39, 0.29) is 5.84 Å². The molecule has 1 heterocycles. The minimum Gasteiger partial charge on any atom is -0.384 e. The van der Waals surface area contributed by atoms with Crippen molar-refractivity contribution in [2.45, 2.75) is 12.8 Å². The van der Waals surface area contributed by atoms with Crippen molar-refractivity contribution in [3.63, 3.8) is 0 Å². The molecule has 4 aromatic rings. The van der Waals surface area contributed by atoms with Crippen LogP contribution in [-0.2, 0) is 6.42 Å². The molecule has 6 heteroatoms. The van der Waals surface area contributed by atoms with Crippen molar-refractivity contribution >= 4 is 23.3 Å². The Labute approximate surface area is 180 Å². The van der Waals surface area contributed by atoms with Crippen LogP contribution in [0, 0.1) is 5.41 Å². The van der Waals surface area contributed by atoms with Gasteiger partial charge in [0.05, 0.1) is 11.4 Å². The molecule has 3 aromatic carbocycles. The molecule has 5 rings (SSSR count). The molecule has 152 valence electrons. The Morgan fingerprint density at radius 3 is 2.32 bits per heavy atom. The highest BCUT2D eigenvalue weighted by molar-refractivity contribution is 6.09. The summed E-state index contributed by atoms with van der Waals surface area (Å²) in [6, 6.07) is 24.4. The second-order valence-corrected chi connectivity index (χ2v) is 7.57. The fourth-order valence-electron chi connectivity index (χ4n) is 4.12. The third-order valence-corrected chi connectivity index (χ3v) is 5.61. The molecule has 0 spiro atoms. The summed E-state index contributed by atoms with van der Waals surface area (Å²) in [7, 11) is 0. The number of imidazole rings is 1. The number of H-pyrrole nitrogens is 1. The van der Waals surface area contributed by atoms with Crippen molar-refractivity contribution < 1.29 is 0 Å². The highest BCUT2D eigenvalue weighted by Crippen LogP contribution is 2.33. The zero-order valence-electron chi connectivity index (χ0n) is 16.9. The number of hydrogen-bond acceptors (Lipinski definition) is 4. The van der Waals surface area contributed by atoms with Gasteiger partial charge >= 0.3 is 0 Å². The smallest absolute Gasteiger partial charge is 0.200 e. The van der Waals surface area contributed by atoms with Crippen molar-refractivity contribution in [2.24, 2.45) is 10.7 Å². The van der Waals surface area contributed by atoms with E-state index in [0.717, 1.165) is 52.1 Å². The van der Waals surface area contributed by atoms with Crippen LogP contribution in [0.2, 0.25) is 0 Å². The molecule has 0 amide bonds. The van der Waals surface area contributed by atoms with Gasteiger partial charge in [-0.2, -0.15) is 4.98 Å². The fourth-order valence-corrected chi connectivity index (χ4v) is 4.12. The van der Waals surface area contributed by atoms with Gasteiger partial charge in [-0.05, 0) is 35.1 Å². The number of nitrogens with two attached hydrogens (primary N) is 2. The molecule has 0 fully saturated rings. The third-order valence-electron chi connectivity index (χ3n) is 5.61. The van der Waals surface area contributed by atoms with Crippen molar-refractivity contribution in [3.8, 4) is 22.4 Å². The second kappa shape index (κ2) is 7.57. The van der Waals surface area contributed by atoms with Gasteiger partial charge < -0.3 is 16.5 Å². The molecule has 0 radical (unpaired) electrons. The molecule has 0 unspecified atom stereocenters.